The van der Waals surface area contributed by atoms with Crippen molar-refractivity contribution in [1.82, 2.24) is 5.32 Å². The maximum absolute atomic E-state index is 11.9. The van der Waals surface area contributed by atoms with Gasteiger partial charge < -0.3 is 10.1 Å². The van der Waals surface area contributed by atoms with Crippen molar-refractivity contribution in [2.75, 3.05) is 7.11 Å². The quantitative estimate of drug-likeness (QED) is 0.854. The van der Waals surface area contributed by atoms with Crippen LogP contribution in [0, 0.1) is 5.92 Å². The van der Waals surface area contributed by atoms with Gasteiger partial charge in [-0.1, -0.05) is 19.1 Å². The molecule has 1 saturated carbocycles. The monoisotopic (exact) mass is 273 g/mol. The van der Waals surface area contributed by atoms with E-state index in [1.54, 1.807) is 13.2 Å². The minimum Gasteiger partial charge on any atom is -0.497 e. The van der Waals surface area contributed by atoms with Crippen LogP contribution < -0.4 is 10.1 Å². The summed E-state index contributed by atoms with van der Waals surface area (Å²) < 4.78 is 5.16. The Hall–Kier alpha value is -1.77. The fourth-order valence-corrected chi connectivity index (χ4v) is 2.57. The van der Waals surface area contributed by atoms with Crippen molar-refractivity contribution >= 4 is 12.0 Å². The molecule has 0 saturated heterocycles. The summed E-state index contributed by atoms with van der Waals surface area (Å²) in [5.74, 6) is 1.59. The molecule has 0 atom stereocenters. The molecule has 108 valence electrons. The van der Waals surface area contributed by atoms with Gasteiger partial charge in [0.1, 0.15) is 5.75 Å². The fourth-order valence-electron chi connectivity index (χ4n) is 2.57. The number of ether oxygens (including phenoxy) is 1. The maximum atomic E-state index is 11.9. The second kappa shape index (κ2) is 7.13. The fraction of sp³-hybridized carbons (Fsp3) is 0.471. The average molecular weight is 273 g/mol. The van der Waals surface area contributed by atoms with Crippen LogP contribution in [0.1, 0.15) is 38.2 Å². The highest BCUT2D eigenvalue weighted by Crippen LogP contribution is 2.23. The molecule has 1 aromatic carbocycles. The van der Waals surface area contributed by atoms with Gasteiger partial charge in [0.05, 0.1) is 7.11 Å². The predicted octanol–water partition coefficient (Wildman–Crippen LogP) is 3.40. The van der Waals surface area contributed by atoms with E-state index in [0.29, 0.717) is 6.04 Å². The summed E-state index contributed by atoms with van der Waals surface area (Å²) in [7, 11) is 1.64. The first kappa shape index (κ1) is 14.6. The van der Waals surface area contributed by atoms with E-state index in [1.165, 1.54) is 12.8 Å². The Morgan fingerprint density at radius 3 is 2.75 bits per heavy atom. The van der Waals surface area contributed by atoms with E-state index in [4.69, 9.17) is 4.74 Å². The SMILES string of the molecule is COc1cccc(C=CC(=O)NC2CCC(C)CC2)c1. The van der Waals surface area contributed by atoms with Gasteiger partial charge in [0.15, 0.2) is 0 Å². The highest BCUT2D eigenvalue weighted by atomic mass is 16.5. The van der Waals surface area contributed by atoms with Gasteiger partial charge in [-0.15, -0.1) is 0 Å². The maximum Gasteiger partial charge on any atom is 0.244 e. The highest BCUT2D eigenvalue weighted by Gasteiger charge is 2.18. The second-order valence-corrected chi connectivity index (χ2v) is 5.58. The Balaban J connectivity index is 1.85. The molecule has 0 spiro atoms. The third-order valence-corrected chi connectivity index (χ3v) is 3.88. The van der Waals surface area contributed by atoms with E-state index >= 15 is 0 Å². The van der Waals surface area contributed by atoms with E-state index in [-0.39, 0.29) is 5.91 Å². The molecular formula is C17H23NO2. The Labute approximate surface area is 121 Å². The van der Waals surface area contributed by atoms with Crippen molar-refractivity contribution in [3.05, 3.63) is 35.9 Å². The van der Waals surface area contributed by atoms with Crippen LogP contribution in [0.5, 0.6) is 5.75 Å². The van der Waals surface area contributed by atoms with Crippen molar-refractivity contribution in [3.8, 4) is 5.75 Å². The summed E-state index contributed by atoms with van der Waals surface area (Å²) in [6.07, 6.45) is 8.05. The third kappa shape index (κ3) is 4.41. The molecule has 20 heavy (non-hydrogen) atoms. The summed E-state index contributed by atoms with van der Waals surface area (Å²) in [6, 6.07) is 8.01. The number of methoxy groups -OCH3 is 1. The number of nitrogens with one attached hydrogen (secondary N) is 1. The van der Waals surface area contributed by atoms with Crippen molar-refractivity contribution in [2.45, 2.75) is 38.6 Å². The summed E-state index contributed by atoms with van der Waals surface area (Å²) in [5.41, 5.74) is 0.969. The summed E-state index contributed by atoms with van der Waals surface area (Å²) in [4.78, 5) is 11.9. The largest absolute Gasteiger partial charge is 0.497 e. The van der Waals surface area contributed by atoms with Gasteiger partial charge >= 0.3 is 0 Å². The molecule has 0 aliphatic heterocycles. The molecule has 0 bridgehead atoms. The lowest BCUT2D eigenvalue weighted by Gasteiger charge is -2.26. The summed E-state index contributed by atoms with van der Waals surface area (Å²) in [5, 5.41) is 3.08. The van der Waals surface area contributed by atoms with Crippen molar-refractivity contribution in [3.63, 3.8) is 0 Å². The first-order valence-electron chi connectivity index (χ1n) is 7.30. The van der Waals surface area contributed by atoms with Gasteiger partial charge in [-0.25, -0.2) is 0 Å². The number of carbonyl (C=O) groups excluding carboxylic acids is 1. The van der Waals surface area contributed by atoms with Gasteiger partial charge in [0.2, 0.25) is 5.91 Å². The Kier molecular flexibility index (Phi) is 5.22. The molecule has 3 heteroatoms. The third-order valence-electron chi connectivity index (χ3n) is 3.88. The zero-order valence-corrected chi connectivity index (χ0v) is 12.3. The predicted molar refractivity (Wildman–Crippen MR) is 81.6 cm³/mol. The first-order valence-corrected chi connectivity index (χ1v) is 7.30. The van der Waals surface area contributed by atoms with Crippen molar-refractivity contribution in [1.29, 1.82) is 0 Å². The van der Waals surface area contributed by atoms with E-state index in [1.807, 2.05) is 30.3 Å². The van der Waals surface area contributed by atoms with E-state index in [2.05, 4.69) is 12.2 Å². The van der Waals surface area contributed by atoms with Crippen LogP contribution in [0.2, 0.25) is 0 Å². The Morgan fingerprint density at radius 1 is 1.30 bits per heavy atom. The Morgan fingerprint density at radius 2 is 2.05 bits per heavy atom. The summed E-state index contributed by atoms with van der Waals surface area (Å²) >= 11 is 0. The number of carbonyl (C=O) groups is 1. The normalized spacial score (nSPS) is 22.7. The minimum absolute atomic E-state index is 0.00706. The minimum atomic E-state index is -0.00706. The van der Waals surface area contributed by atoms with Crippen LogP contribution in [-0.2, 0) is 4.79 Å². The van der Waals surface area contributed by atoms with Crippen molar-refractivity contribution < 1.29 is 9.53 Å². The summed E-state index contributed by atoms with van der Waals surface area (Å²) in [6.45, 7) is 2.28. The topological polar surface area (TPSA) is 38.3 Å². The molecule has 0 unspecified atom stereocenters. The molecule has 1 fully saturated rings. The van der Waals surface area contributed by atoms with E-state index in [9.17, 15) is 4.79 Å². The Bertz CT molecular complexity index is 474. The van der Waals surface area contributed by atoms with Gasteiger partial charge in [0.25, 0.3) is 0 Å². The van der Waals surface area contributed by atoms with E-state index in [0.717, 1.165) is 30.1 Å². The molecule has 1 aliphatic rings. The van der Waals surface area contributed by atoms with Gasteiger partial charge in [-0.2, -0.15) is 0 Å². The van der Waals surface area contributed by atoms with Crippen LogP contribution in [0.3, 0.4) is 0 Å². The van der Waals surface area contributed by atoms with Crippen LogP contribution >= 0.6 is 0 Å². The molecule has 1 amide bonds. The lowest BCUT2D eigenvalue weighted by atomic mass is 9.87. The number of amides is 1. The lowest BCUT2D eigenvalue weighted by molar-refractivity contribution is -0.117. The zero-order chi connectivity index (χ0) is 14.4. The smallest absolute Gasteiger partial charge is 0.244 e. The van der Waals surface area contributed by atoms with E-state index < -0.39 is 0 Å². The highest BCUT2D eigenvalue weighted by molar-refractivity contribution is 5.91. The van der Waals surface area contributed by atoms with Crippen molar-refractivity contribution in [2.24, 2.45) is 5.92 Å². The zero-order valence-electron chi connectivity index (χ0n) is 12.3. The molecular weight excluding hydrogens is 250 g/mol. The molecule has 0 radical (unpaired) electrons. The second-order valence-electron chi connectivity index (χ2n) is 5.58. The average Bonchev–Trinajstić information content (AvgIpc) is 2.48. The van der Waals surface area contributed by atoms with Gasteiger partial charge in [0, 0.05) is 12.1 Å². The molecule has 1 aliphatic carbocycles. The van der Waals surface area contributed by atoms with Crippen LogP contribution in [0.4, 0.5) is 0 Å². The molecule has 0 aromatic heterocycles. The molecule has 0 heterocycles. The molecule has 3 nitrogen and oxygen atoms in total. The molecule has 1 N–H and O–H groups in total. The van der Waals surface area contributed by atoms with Crippen LogP contribution in [-0.4, -0.2) is 19.1 Å². The number of benzene rings is 1. The van der Waals surface area contributed by atoms with Gasteiger partial charge in [-0.05, 0) is 55.4 Å². The first-order chi connectivity index (χ1) is 9.67. The lowest BCUT2D eigenvalue weighted by Crippen LogP contribution is -2.36. The van der Waals surface area contributed by atoms with Crippen LogP contribution in [0.15, 0.2) is 30.3 Å². The molecule has 2 rings (SSSR count). The molecule has 1 aromatic rings. The van der Waals surface area contributed by atoms with Gasteiger partial charge in [-0.3, -0.25) is 4.79 Å². The number of hydrogen-bond acceptors (Lipinski definition) is 2. The van der Waals surface area contributed by atoms with Crippen LogP contribution in [0.25, 0.3) is 6.08 Å². The number of hydrogen-bond donors (Lipinski definition) is 1. The number of rotatable bonds is 4. The standard InChI is InChI=1S/C17H23NO2/c1-13-6-9-15(10-7-13)18-17(19)11-8-14-4-3-5-16(12-14)20-2/h3-5,8,11-13,15H,6-7,9-10H2,1-2H3,(H,18,19).